The number of carbonyl (C=O) groups is 1. The van der Waals surface area contributed by atoms with Gasteiger partial charge in [0.15, 0.2) is 17.3 Å². The molecule has 12 nitrogen and oxygen atoms in total. The van der Waals surface area contributed by atoms with E-state index < -0.39 is 27.8 Å². The molecule has 1 saturated carbocycles. The van der Waals surface area contributed by atoms with E-state index in [1.165, 1.54) is 17.0 Å². The maximum atomic E-state index is 14.4. The molecule has 1 amide bonds. The van der Waals surface area contributed by atoms with Crippen LogP contribution in [0.3, 0.4) is 0 Å². The monoisotopic (exact) mass is 582 g/mol. The maximum Gasteiger partial charge on any atom is 0.330 e. The van der Waals surface area contributed by atoms with Crippen LogP contribution in [-0.4, -0.2) is 58.5 Å². The summed E-state index contributed by atoms with van der Waals surface area (Å²) in [6.07, 6.45) is 6.71. The number of imidazole rings is 1. The first-order chi connectivity index (χ1) is 19.6. The lowest BCUT2D eigenvalue weighted by Gasteiger charge is -2.43. The van der Waals surface area contributed by atoms with Gasteiger partial charge in [-0.15, -0.1) is 0 Å². The number of aromatic nitrogens is 3. The van der Waals surface area contributed by atoms with Crippen LogP contribution in [0, 0.1) is 11.3 Å². The first-order valence-electron chi connectivity index (χ1n) is 13.6. The average Bonchev–Trinajstić information content (AvgIpc) is 3.58. The summed E-state index contributed by atoms with van der Waals surface area (Å²) >= 11 is 0. The fourth-order valence-electron chi connectivity index (χ4n) is 5.60. The number of nitrogens with zero attached hydrogens (tertiary/aromatic N) is 6. The van der Waals surface area contributed by atoms with Crippen LogP contribution in [0.4, 0.5) is 5.82 Å². The highest BCUT2D eigenvalue weighted by Gasteiger charge is 2.52. The molecule has 3 aromatic rings. The number of hydrogen-bond acceptors (Lipinski definition) is 9. The number of oxazole rings is 1. The molecule has 1 aliphatic heterocycles. The van der Waals surface area contributed by atoms with Crippen molar-refractivity contribution in [2.45, 2.75) is 70.1 Å². The van der Waals surface area contributed by atoms with Crippen LogP contribution in [0.5, 0.6) is 5.75 Å². The summed E-state index contributed by atoms with van der Waals surface area (Å²) in [6.45, 7) is 2.92. The Morgan fingerprint density at radius 3 is 2.61 bits per heavy atom. The quantitative estimate of drug-likeness (QED) is 0.359. The van der Waals surface area contributed by atoms with Crippen molar-refractivity contribution in [3.8, 4) is 23.5 Å². The number of carbonyl (C=O) groups excluding carboxylic acids is 1. The van der Waals surface area contributed by atoms with Crippen LogP contribution in [-0.2, 0) is 22.0 Å². The van der Waals surface area contributed by atoms with Gasteiger partial charge in [-0.25, -0.2) is 18.6 Å². The average molecular weight is 583 g/mol. The van der Waals surface area contributed by atoms with Gasteiger partial charge in [0.1, 0.15) is 18.1 Å². The first kappa shape index (κ1) is 28.6. The second-order valence-corrected chi connectivity index (χ2v) is 12.6. The van der Waals surface area contributed by atoms with Crippen molar-refractivity contribution >= 4 is 21.9 Å². The third-order valence-electron chi connectivity index (χ3n) is 7.62. The van der Waals surface area contributed by atoms with Crippen molar-refractivity contribution in [2.75, 3.05) is 18.0 Å². The summed E-state index contributed by atoms with van der Waals surface area (Å²) in [5, 5.41) is 9.50. The van der Waals surface area contributed by atoms with Gasteiger partial charge in [-0.05, 0) is 32.8 Å². The lowest BCUT2D eigenvalue weighted by atomic mass is 9.97. The Hall–Kier alpha value is -3.89. The number of rotatable bonds is 9. The molecule has 13 heteroatoms. The van der Waals surface area contributed by atoms with E-state index in [-0.39, 0.29) is 42.3 Å². The van der Waals surface area contributed by atoms with Crippen molar-refractivity contribution < 1.29 is 27.1 Å². The lowest BCUT2D eigenvalue weighted by molar-refractivity contribution is -0.0274. The van der Waals surface area contributed by atoms with E-state index in [1.54, 1.807) is 34.1 Å². The lowest BCUT2D eigenvalue weighted by Crippen LogP contribution is -2.60. The van der Waals surface area contributed by atoms with Gasteiger partial charge in [0.05, 0.1) is 44.0 Å². The maximum absolute atomic E-state index is 14.4. The Kier molecular flexibility index (Phi) is 7.80. The molecule has 0 bridgehead atoms. The zero-order chi connectivity index (χ0) is 29.4. The van der Waals surface area contributed by atoms with Gasteiger partial charge >= 0.3 is 10.2 Å². The van der Waals surface area contributed by atoms with Crippen LogP contribution in [0.25, 0.3) is 11.7 Å². The van der Waals surface area contributed by atoms with Gasteiger partial charge in [0.25, 0.3) is 11.8 Å². The number of benzene rings is 1. The molecule has 0 spiro atoms. The topological polar surface area (TPSA) is 144 Å². The van der Waals surface area contributed by atoms with Crippen molar-refractivity contribution in [1.29, 1.82) is 5.26 Å². The Bertz CT molecular complexity index is 1550. The van der Waals surface area contributed by atoms with Crippen molar-refractivity contribution in [3.05, 3.63) is 48.0 Å². The molecule has 0 N–H and O–H groups in total. The van der Waals surface area contributed by atoms with E-state index in [1.807, 2.05) is 24.3 Å². The summed E-state index contributed by atoms with van der Waals surface area (Å²) in [5.41, 5.74) is -0.630. The van der Waals surface area contributed by atoms with E-state index in [9.17, 15) is 18.5 Å². The highest BCUT2D eigenvalue weighted by molar-refractivity contribution is 7.91. The second-order valence-electron chi connectivity index (χ2n) is 10.9. The SMILES string of the molecule is COc1ccccc1[C@H](CN1c2nc(-c3ncco3)n(C)c2C(=O)N(C(C)(C)CC#N)S1(=O)=O)OC1CCCCC1. The van der Waals surface area contributed by atoms with Crippen LogP contribution >= 0.6 is 0 Å². The molecule has 1 fully saturated rings. The molecule has 1 atom stereocenters. The van der Waals surface area contributed by atoms with Gasteiger partial charge in [-0.3, -0.25) is 4.79 Å². The Morgan fingerprint density at radius 2 is 1.95 bits per heavy atom. The van der Waals surface area contributed by atoms with E-state index in [2.05, 4.69) is 9.97 Å². The van der Waals surface area contributed by atoms with Crippen molar-refractivity contribution in [3.63, 3.8) is 0 Å². The van der Waals surface area contributed by atoms with Crippen LogP contribution in [0.1, 0.15) is 74.5 Å². The zero-order valence-electron chi connectivity index (χ0n) is 23.6. The number of anilines is 1. The van der Waals surface area contributed by atoms with Gasteiger partial charge < -0.3 is 18.5 Å². The number of methoxy groups -OCH3 is 1. The number of amides is 1. The number of para-hydroxylation sites is 1. The number of fused-ring (bicyclic) bond motifs is 1. The molecule has 1 aromatic carbocycles. The molecule has 0 saturated heterocycles. The van der Waals surface area contributed by atoms with E-state index in [0.717, 1.165) is 40.7 Å². The molecule has 3 heterocycles. The minimum Gasteiger partial charge on any atom is -0.496 e. The van der Waals surface area contributed by atoms with E-state index in [4.69, 9.17) is 13.9 Å². The smallest absolute Gasteiger partial charge is 0.330 e. The van der Waals surface area contributed by atoms with Gasteiger partial charge in [-0.2, -0.15) is 13.7 Å². The summed E-state index contributed by atoms with van der Waals surface area (Å²) in [6, 6.07) is 9.35. The van der Waals surface area contributed by atoms with E-state index in [0.29, 0.717) is 11.3 Å². The first-order valence-corrected chi connectivity index (χ1v) is 15.0. The molecule has 0 radical (unpaired) electrons. The second kappa shape index (κ2) is 11.2. The third kappa shape index (κ3) is 5.17. The molecular formula is C28H34N6O6S. The zero-order valence-corrected chi connectivity index (χ0v) is 24.4. The molecule has 2 aromatic heterocycles. The van der Waals surface area contributed by atoms with Crippen LogP contribution in [0.2, 0.25) is 0 Å². The number of hydrogen-bond donors (Lipinski definition) is 0. The standard InChI is InChI=1S/C28H34N6O6S/c1-28(2,14-15-29)34-27(35)23-24(31-25(32(23)3)26-30-16-17-39-26)33(41(34,36)37)18-22(40-19-10-6-5-7-11-19)20-12-8-9-13-21(20)38-4/h8-9,12-13,16-17,19,22H,5-7,10-11,14,18H2,1-4H3/t22-/m0/s1. The molecule has 41 heavy (non-hydrogen) atoms. The number of nitriles is 1. The minimum atomic E-state index is -4.52. The van der Waals surface area contributed by atoms with Gasteiger partial charge in [0.2, 0.25) is 0 Å². The Morgan fingerprint density at radius 1 is 1.22 bits per heavy atom. The fourth-order valence-corrected chi connectivity index (χ4v) is 7.45. The molecule has 218 valence electrons. The summed E-state index contributed by atoms with van der Waals surface area (Å²) < 4.78 is 49.8. The highest BCUT2D eigenvalue weighted by Crippen LogP contribution is 2.41. The van der Waals surface area contributed by atoms with E-state index >= 15 is 0 Å². The molecular weight excluding hydrogens is 548 g/mol. The van der Waals surface area contributed by atoms with Gasteiger partial charge in [0, 0.05) is 12.6 Å². The molecule has 2 aliphatic rings. The predicted molar refractivity (Wildman–Crippen MR) is 149 cm³/mol. The molecule has 0 unspecified atom stereocenters. The third-order valence-corrected chi connectivity index (χ3v) is 9.62. The Labute approximate surface area is 239 Å². The van der Waals surface area contributed by atoms with Crippen molar-refractivity contribution in [2.24, 2.45) is 7.05 Å². The highest BCUT2D eigenvalue weighted by atomic mass is 32.2. The summed E-state index contributed by atoms with van der Waals surface area (Å²) in [4.78, 5) is 22.7. The molecule has 5 rings (SSSR count). The van der Waals surface area contributed by atoms with Crippen molar-refractivity contribution in [1.82, 2.24) is 18.8 Å². The Balaban J connectivity index is 1.67. The summed E-state index contributed by atoms with van der Waals surface area (Å²) in [7, 11) is -1.37. The fraction of sp³-hybridized carbons (Fsp3) is 0.500. The normalized spacial score (nSPS) is 18.2. The van der Waals surface area contributed by atoms with Crippen LogP contribution in [0.15, 0.2) is 41.1 Å². The van der Waals surface area contributed by atoms with Crippen LogP contribution < -0.4 is 9.04 Å². The minimum absolute atomic E-state index is 0.0375. The molecule has 1 aliphatic carbocycles. The summed E-state index contributed by atoms with van der Waals surface area (Å²) in [5.74, 6) is 0.0422. The van der Waals surface area contributed by atoms with Gasteiger partial charge in [-0.1, -0.05) is 37.5 Å². The largest absolute Gasteiger partial charge is 0.496 e. The predicted octanol–water partition coefficient (Wildman–Crippen LogP) is 4.37. The number of ether oxygens (including phenoxy) is 2.